The number of rotatable bonds is 6. The minimum absolute atomic E-state index is 0.0620. The van der Waals surface area contributed by atoms with Crippen molar-refractivity contribution in [1.29, 1.82) is 0 Å². The molecule has 1 rings (SSSR count). The Kier molecular flexibility index (Phi) is 6.07. The van der Waals surface area contributed by atoms with E-state index in [0.717, 1.165) is 16.3 Å². The fraction of sp³-hybridized carbons (Fsp3) is 0.455. The molecule has 102 valence electrons. The van der Waals surface area contributed by atoms with Crippen LogP contribution in [0.1, 0.15) is 18.5 Å². The van der Waals surface area contributed by atoms with Crippen LogP contribution in [0, 0.1) is 0 Å². The highest BCUT2D eigenvalue weighted by Gasteiger charge is 2.09. The molecule has 1 unspecified atom stereocenters. The molecule has 0 spiro atoms. The normalized spacial score (nSPS) is 13.6. The highest BCUT2D eigenvalue weighted by atomic mass is 79.9. The molecule has 0 aliphatic carbocycles. The second kappa shape index (κ2) is 6.86. The summed E-state index contributed by atoms with van der Waals surface area (Å²) in [5.41, 5.74) is 0.985. The van der Waals surface area contributed by atoms with E-state index in [2.05, 4.69) is 26.0 Å². The first-order valence-corrected chi connectivity index (χ1v) is 8.49. The van der Waals surface area contributed by atoms with Crippen LogP contribution in [-0.4, -0.2) is 27.8 Å². The fourth-order valence-corrected chi connectivity index (χ4v) is 2.80. The van der Waals surface area contributed by atoms with E-state index in [9.17, 15) is 8.42 Å². The molecule has 0 heterocycles. The van der Waals surface area contributed by atoms with Crippen LogP contribution in [0.25, 0.3) is 0 Å². The third-order valence-electron chi connectivity index (χ3n) is 2.37. The molecule has 0 aliphatic rings. The average Bonchev–Trinajstić information content (AvgIpc) is 2.22. The van der Waals surface area contributed by atoms with E-state index >= 15 is 0 Å². The minimum atomic E-state index is -3.12. The summed E-state index contributed by atoms with van der Waals surface area (Å²) in [6, 6.07) is 5.76. The van der Waals surface area contributed by atoms with Crippen LogP contribution >= 0.6 is 27.5 Å². The van der Waals surface area contributed by atoms with Crippen LogP contribution in [0.3, 0.4) is 0 Å². The molecule has 4 nitrogen and oxygen atoms in total. The molecule has 0 aliphatic heterocycles. The quantitative estimate of drug-likeness (QED) is 0.770. The van der Waals surface area contributed by atoms with Gasteiger partial charge in [0, 0.05) is 28.6 Å². The molecule has 0 radical (unpaired) electrons. The maximum Gasteiger partial charge on any atom is 0.208 e. The summed E-state index contributed by atoms with van der Waals surface area (Å²) in [6.45, 7) is 2.88. The van der Waals surface area contributed by atoms with Crippen LogP contribution in [0.4, 0.5) is 0 Å². The van der Waals surface area contributed by atoms with Crippen LogP contribution in [-0.2, 0) is 10.0 Å². The summed E-state index contributed by atoms with van der Waals surface area (Å²) in [5, 5.41) is 3.89. The van der Waals surface area contributed by atoms with Crippen molar-refractivity contribution in [3.05, 3.63) is 33.3 Å². The zero-order chi connectivity index (χ0) is 13.8. The van der Waals surface area contributed by atoms with Crippen LogP contribution < -0.4 is 10.0 Å². The van der Waals surface area contributed by atoms with E-state index in [1.165, 1.54) is 0 Å². The molecule has 0 saturated carbocycles. The second-order valence-electron chi connectivity index (χ2n) is 4.01. The molecule has 7 heteroatoms. The average molecular weight is 356 g/mol. The SMILES string of the molecule is CC(NCCNS(C)(=O)=O)c1ccc(Br)cc1Cl. The first-order chi connectivity index (χ1) is 8.29. The molecule has 0 aromatic heterocycles. The Morgan fingerprint density at radius 3 is 2.61 bits per heavy atom. The van der Waals surface area contributed by atoms with Crippen molar-refractivity contribution in [2.24, 2.45) is 0 Å². The zero-order valence-corrected chi connectivity index (χ0v) is 13.4. The molecule has 1 aromatic rings. The second-order valence-corrected chi connectivity index (χ2v) is 7.16. The van der Waals surface area contributed by atoms with Gasteiger partial charge in [-0.3, -0.25) is 0 Å². The number of sulfonamides is 1. The third kappa shape index (κ3) is 5.67. The summed E-state index contributed by atoms with van der Waals surface area (Å²) in [7, 11) is -3.12. The molecule has 1 aromatic carbocycles. The van der Waals surface area contributed by atoms with Crippen molar-refractivity contribution in [3.63, 3.8) is 0 Å². The molecule has 18 heavy (non-hydrogen) atoms. The van der Waals surface area contributed by atoms with E-state index < -0.39 is 10.0 Å². The minimum Gasteiger partial charge on any atom is -0.309 e. The van der Waals surface area contributed by atoms with Crippen molar-refractivity contribution >= 4 is 37.6 Å². The number of halogens is 2. The molecular weight excluding hydrogens is 340 g/mol. The standard InChI is InChI=1S/C11H16BrClN2O2S/c1-8(14-5-6-15-18(2,16)17)10-4-3-9(12)7-11(10)13/h3-4,7-8,14-15H,5-6H2,1-2H3. The number of hydrogen-bond donors (Lipinski definition) is 2. The van der Waals surface area contributed by atoms with Crippen molar-refractivity contribution < 1.29 is 8.42 Å². The molecular formula is C11H16BrClN2O2S. The van der Waals surface area contributed by atoms with Gasteiger partial charge in [0.15, 0.2) is 0 Å². The van der Waals surface area contributed by atoms with Gasteiger partial charge in [0.05, 0.1) is 6.26 Å². The predicted molar refractivity (Wildman–Crippen MR) is 78.4 cm³/mol. The van der Waals surface area contributed by atoms with Crippen LogP contribution in [0.15, 0.2) is 22.7 Å². The molecule has 2 N–H and O–H groups in total. The van der Waals surface area contributed by atoms with Gasteiger partial charge in [-0.1, -0.05) is 33.6 Å². The van der Waals surface area contributed by atoms with Gasteiger partial charge >= 0.3 is 0 Å². The Balaban J connectivity index is 2.48. The highest BCUT2D eigenvalue weighted by molar-refractivity contribution is 9.10. The van der Waals surface area contributed by atoms with E-state index in [0.29, 0.717) is 18.1 Å². The van der Waals surface area contributed by atoms with Crippen molar-refractivity contribution in [3.8, 4) is 0 Å². The molecule has 0 saturated heterocycles. The fourth-order valence-electron chi connectivity index (χ4n) is 1.49. The Morgan fingerprint density at radius 2 is 2.06 bits per heavy atom. The molecule has 0 fully saturated rings. The van der Waals surface area contributed by atoms with Gasteiger partial charge in [-0.05, 0) is 24.6 Å². The third-order valence-corrected chi connectivity index (χ3v) is 3.92. The van der Waals surface area contributed by atoms with Gasteiger partial charge in [0.25, 0.3) is 0 Å². The lowest BCUT2D eigenvalue weighted by Gasteiger charge is -2.16. The van der Waals surface area contributed by atoms with Crippen molar-refractivity contribution in [1.82, 2.24) is 10.0 Å². The number of hydrogen-bond acceptors (Lipinski definition) is 3. The van der Waals surface area contributed by atoms with E-state index in [4.69, 9.17) is 11.6 Å². The van der Waals surface area contributed by atoms with Gasteiger partial charge < -0.3 is 5.32 Å². The van der Waals surface area contributed by atoms with Crippen molar-refractivity contribution in [2.45, 2.75) is 13.0 Å². The topological polar surface area (TPSA) is 58.2 Å². The molecule has 1 atom stereocenters. The summed E-state index contributed by atoms with van der Waals surface area (Å²) in [6.07, 6.45) is 1.14. The summed E-state index contributed by atoms with van der Waals surface area (Å²) < 4.78 is 25.1. The lowest BCUT2D eigenvalue weighted by atomic mass is 10.1. The van der Waals surface area contributed by atoms with E-state index in [1.54, 1.807) is 0 Å². The lowest BCUT2D eigenvalue weighted by Crippen LogP contribution is -2.32. The van der Waals surface area contributed by atoms with Gasteiger partial charge in [-0.25, -0.2) is 13.1 Å². The maximum absolute atomic E-state index is 10.9. The highest BCUT2D eigenvalue weighted by Crippen LogP contribution is 2.26. The van der Waals surface area contributed by atoms with Gasteiger partial charge in [0.1, 0.15) is 0 Å². The Morgan fingerprint density at radius 1 is 1.39 bits per heavy atom. The molecule has 0 amide bonds. The summed E-state index contributed by atoms with van der Waals surface area (Å²) in [4.78, 5) is 0. The van der Waals surface area contributed by atoms with Gasteiger partial charge in [-0.15, -0.1) is 0 Å². The zero-order valence-electron chi connectivity index (χ0n) is 10.2. The number of benzene rings is 1. The first kappa shape index (κ1) is 15.9. The monoisotopic (exact) mass is 354 g/mol. The Hall–Kier alpha value is -0.140. The van der Waals surface area contributed by atoms with Crippen LogP contribution in [0.5, 0.6) is 0 Å². The lowest BCUT2D eigenvalue weighted by molar-refractivity contribution is 0.556. The summed E-state index contributed by atoms with van der Waals surface area (Å²) >= 11 is 9.48. The van der Waals surface area contributed by atoms with Crippen LogP contribution in [0.2, 0.25) is 5.02 Å². The van der Waals surface area contributed by atoms with Gasteiger partial charge in [0.2, 0.25) is 10.0 Å². The first-order valence-electron chi connectivity index (χ1n) is 5.42. The van der Waals surface area contributed by atoms with Gasteiger partial charge in [-0.2, -0.15) is 0 Å². The largest absolute Gasteiger partial charge is 0.309 e. The molecule has 0 bridgehead atoms. The Labute approximate surface area is 121 Å². The van der Waals surface area contributed by atoms with E-state index in [-0.39, 0.29) is 6.04 Å². The summed E-state index contributed by atoms with van der Waals surface area (Å²) in [5.74, 6) is 0. The van der Waals surface area contributed by atoms with E-state index in [1.807, 2.05) is 25.1 Å². The smallest absolute Gasteiger partial charge is 0.208 e. The van der Waals surface area contributed by atoms with Crippen molar-refractivity contribution in [2.75, 3.05) is 19.3 Å². The Bertz CT molecular complexity index is 508. The predicted octanol–water partition coefficient (Wildman–Crippen LogP) is 2.30. The number of nitrogens with one attached hydrogen (secondary N) is 2. The maximum atomic E-state index is 10.9.